The van der Waals surface area contributed by atoms with Crippen molar-refractivity contribution < 1.29 is 9.79 Å². The zero-order chi connectivity index (χ0) is 6.08. The first-order chi connectivity index (χ1) is 2.94. The Labute approximate surface area is 46.0 Å². The fourth-order valence-corrected chi connectivity index (χ4v) is 0. The smallest absolute Gasteiger partial charge is 0.139 e. The van der Waals surface area contributed by atoms with Crippen molar-refractivity contribution in [1.82, 2.24) is 0 Å². The molecule has 44 valence electrons. The van der Waals surface area contributed by atoms with Gasteiger partial charge in [-0.15, -0.1) is 0 Å². The maximum atomic E-state index is 8.57. The van der Waals surface area contributed by atoms with Gasteiger partial charge >= 0.3 is 0 Å². The minimum absolute atomic E-state index is 1.56. The Morgan fingerprint density at radius 2 is 1.29 bits per heavy atom. The highest BCUT2D eigenvalue weighted by molar-refractivity contribution is 7.86. The average Bonchev–Trinajstić information content (AvgIpc) is 1.31. The average molecular weight is 138 g/mol. The molecule has 7 heavy (non-hydrogen) atoms. The van der Waals surface area contributed by atoms with Crippen LogP contribution in [0.3, 0.4) is 0 Å². The van der Waals surface area contributed by atoms with Gasteiger partial charge in [-0.25, -0.2) is 0 Å². The van der Waals surface area contributed by atoms with E-state index in [0.29, 0.717) is 0 Å². The van der Waals surface area contributed by atoms with Crippen molar-refractivity contribution in [2.75, 3.05) is 0 Å². The van der Waals surface area contributed by atoms with Gasteiger partial charge < -0.3 is 9.79 Å². The van der Waals surface area contributed by atoms with E-state index in [1.165, 1.54) is 0 Å². The molecule has 0 aromatic heterocycles. The molecule has 0 bridgehead atoms. The summed E-state index contributed by atoms with van der Waals surface area (Å²) in [7, 11) is -3.16. The van der Waals surface area contributed by atoms with Crippen LogP contribution in [0, 0.1) is 0 Å². The van der Waals surface area contributed by atoms with Crippen molar-refractivity contribution in [3.8, 4) is 0 Å². The second kappa shape index (κ2) is 2.22. The van der Waals surface area contributed by atoms with Gasteiger partial charge in [0.1, 0.15) is 15.7 Å². The van der Waals surface area contributed by atoms with Crippen LogP contribution >= 0.6 is 7.92 Å². The first-order valence-electron chi connectivity index (χ1n) is 2.12. The number of hydrogen-bond acceptors (Lipinski definition) is 2. The predicted molar refractivity (Wildman–Crippen MR) is 34.7 cm³/mol. The van der Waals surface area contributed by atoms with E-state index in [-0.39, 0.29) is 0 Å². The lowest BCUT2D eigenvalue weighted by Gasteiger charge is -2.15. The van der Waals surface area contributed by atoms with Crippen molar-refractivity contribution in [2.24, 2.45) is 0 Å². The molecule has 0 atom stereocenters. The fourth-order valence-electron chi connectivity index (χ4n) is 0. The molecule has 0 aromatic carbocycles. The van der Waals surface area contributed by atoms with E-state index in [1.54, 1.807) is 0 Å². The van der Waals surface area contributed by atoms with Crippen molar-refractivity contribution in [3.05, 3.63) is 0 Å². The van der Waals surface area contributed by atoms with E-state index in [0.717, 1.165) is 0 Å². The summed E-state index contributed by atoms with van der Waals surface area (Å²) in [6.45, 7) is 5.79. The molecule has 0 heterocycles. The molecule has 0 aliphatic heterocycles. The predicted octanol–water partition coefficient (Wildman–Crippen LogP) is 1.12. The molecule has 0 saturated heterocycles. The molecule has 4 heteroatoms. The maximum Gasteiger partial charge on any atom is 0.139 e. The Morgan fingerprint density at radius 3 is 1.29 bits per heavy atom. The molecule has 0 aliphatic carbocycles. The summed E-state index contributed by atoms with van der Waals surface area (Å²) in [4.78, 5) is 17.1. The summed E-state index contributed by atoms with van der Waals surface area (Å²) in [5.41, 5.74) is 0. The van der Waals surface area contributed by atoms with Gasteiger partial charge in [0.2, 0.25) is 0 Å². The van der Waals surface area contributed by atoms with Gasteiger partial charge in [0.25, 0.3) is 0 Å². The second-order valence-corrected chi connectivity index (χ2v) is 12.6. The Kier molecular flexibility index (Phi) is 2.40. The molecular weight excluding hydrogens is 127 g/mol. The van der Waals surface area contributed by atoms with Gasteiger partial charge in [-0.1, -0.05) is 19.6 Å². The quantitative estimate of drug-likeness (QED) is 0.421. The lowest BCUT2D eigenvalue weighted by molar-refractivity contribution is 0.500. The normalized spacial score (nSPS) is 12.9. The van der Waals surface area contributed by atoms with Gasteiger partial charge in [0, 0.05) is 0 Å². The minimum atomic E-state index is -1.60. The van der Waals surface area contributed by atoms with Gasteiger partial charge in [-0.2, -0.15) is 0 Å². The van der Waals surface area contributed by atoms with Crippen LogP contribution in [0.4, 0.5) is 0 Å². The molecule has 0 rings (SSSR count). The SMILES string of the molecule is C[Si](C)(C)P(O)O. The van der Waals surface area contributed by atoms with Gasteiger partial charge in [0.15, 0.2) is 0 Å². The lowest BCUT2D eigenvalue weighted by atomic mass is 11.8. The molecule has 0 aliphatic rings. The molecule has 0 fully saturated rings. The topological polar surface area (TPSA) is 40.5 Å². The summed E-state index contributed by atoms with van der Waals surface area (Å²) in [6.07, 6.45) is 0. The molecule has 0 spiro atoms. The molecule has 2 N–H and O–H groups in total. The van der Waals surface area contributed by atoms with Crippen molar-refractivity contribution >= 4 is 15.7 Å². The van der Waals surface area contributed by atoms with Crippen molar-refractivity contribution in [3.63, 3.8) is 0 Å². The summed E-state index contributed by atoms with van der Waals surface area (Å²) < 4.78 is 0. The van der Waals surface area contributed by atoms with Crippen LogP contribution in [0.15, 0.2) is 0 Å². The third-order valence-electron chi connectivity index (χ3n) is 0.600. The van der Waals surface area contributed by atoms with Crippen LogP contribution in [-0.4, -0.2) is 17.5 Å². The van der Waals surface area contributed by atoms with Crippen molar-refractivity contribution in [2.45, 2.75) is 19.6 Å². The molecule has 0 saturated carbocycles. The standard InChI is InChI=1S/C3H11O2PSi/c1-7(2,3)6(4)5/h4-5H,1-3H3. The Hall–Kier alpha value is 0.567. The highest BCUT2D eigenvalue weighted by Gasteiger charge is 2.22. The summed E-state index contributed by atoms with van der Waals surface area (Å²) in [5, 5.41) is 0. The van der Waals surface area contributed by atoms with E-state index in [1.807, 2.05) is 19.6 Å². The third kappa shape index (κ3) is 3.18. The third-order valence-corrected chi connectivity index (χ3v) is 5.40. The zero-order valence-corrected chi connectivity index (χ0v) is 6.74. The zero-order valence-electron chi connectivity index (χ0n) is 4.84. The molecule has 0 unspecified atom stereocenters. The monoisotopic (exact) mass is 138 g/mol. The first-order valence-corrected chi connectivity index (χ1v) is 7.71. The Bertz CT molecular complexity index is 58.4. The van der Waals surface area contributed by atoms with Crippen LogP contribution in [0.2, 0.25) is 19.6 Å². The molecule has 2 nitrogen and oxygen atoms in total. The molecule has 0 amide bonds. The van der Waals surface area contributed by atoms with E-state index in [2.05, 4.69) is 0 Å². The molecular formula is C3H11O2PSi. The van der Waals surface area contributed by atoms with Gasteiger partial charge in [0.05, 0.1) is 0 Å². The number of hydrogen-bond donors (Lipinski definition) is 2. The summed E-state index contributed by atoms with van der Waals surface area (Å²) in [5.74, 6) is 0. The fraction of sp³-hybridized carbons (Fsp3) is 1.00. The first kappa shape index (κ1) is 7.57. The van der Waals surface area contributed by atoms with Gasteiger partial charge in [-0.05, 0) is 0 Å². The van der Waals surface area contributed by atoms with E-state index >= 15 is 0 Å². The number of rotatable bonds is 1. The van der Waals surface area contributed by atoms with E-state index < -0.39 is 15.7 Å². The lowest BCUT2D eigenvalue weighted by Crippen LogP contribution is -2.16. The maximum absolute atomic E-state index is 8.57. The minimum Gasteiger partial charge on any atom is -0.354 e. The van der Waals surface area contributed by atoms with Crippen molar-refractivity contribution in [1.29, 1.82) is 0 Å². The van der Waals surface area contributed by atoms with Crippen LogP contribution in [0.5, 0.6) is 0 Å². The van der Waals surface area contributed by atoms with Crippen LogP contribution in [0.1, 0.15) is 0 Å². The van der Waals surface area contributed by atoms with Crippen LogP contribution < -0.4 is 0 Å². The van der Waals surface area contributed by atoms with Crippen LogP contribution in [-0.2, 0) is 0 Å². The largest absolute Gasteiger partial charge is 0.354 e. The highest BCUT2D eigenvalue weighted by Crippen LogP contribution is 2.36. The molecule has 0 radical (unpaired) electrons. The summed E-state index contributed by atoms with van der Waals surface area (Å²) in [6, 6.07) is 0. The van der Waals surface area contributed by atoms with Gasteiger partial charge in [-0.3, -0.25) is 0 Å². The van der Waals surface area contributed by atoms with Crippen LogP contribution in [0.25, 0.3) is 0 Å². The Balaban J connectivity index is 3.54. The highest BCUT2D eigenvalue weighted by atomic mass is 31.4. The molecule has 0 aromatic rings. The van der Waals surface area contributed by atoms with E-state index in [9.17, 15) is 0 Å². The summed E-state index contributed by atoms with van der Waals surface area (Å²) >= 11 is 0. The van der Waals surface area contributed by atoms with E-state index in [4.69, 9.17) is 9.79 Å². The second-order valence-electron chi connectivity index (χ2n) is 2.46. The Morgan fingerprint density at radius 1 is 1.14 bits per heavy atom.